The Labute approximate surface area is 544 Å². The van der Waals surface area contributed by atoms with Crippen LogP contribution in [0.4, 0.5) is 20.1 Å². The number of aliphatic hydroxyl groups is 3. The van der Waals surface area contributed by atoms with Gasteiger partial charge in [-0.25, -0.2) is 14.4 Å². The van der Waals surface area contributed by atoms with Gasteiger partial charge < -0.3 is 76.2 Å². The molecule has 0 saturated carbocycles. The number of primary amides is 1. The number of anilines is 1. The van der Waals surface area contributed by atoms with E-state index in [2.05, 4.69) is 31.5 Å². The standard InChI is InChI=1S/C66H99N9O18/c1-10-50(78)44(6)59-51(90-59)39-65(8,88)28-14-16-42(4)58-43(5)19-24-52(66(9,93-45(7)76)29-27-48(77)38-56(82)92-58)91-64(87)74-36-34-73(35-37-74)33-31-69-63(86)89-40-46-20-22-47(23-21-46)70-60(83)49(17-15-30-68-62(67)85)71-61(84)57(41(2)3)72-53(79)18-12-11-13-32-75-54(80)25-26-55(75)81/h14,16,19-26,28,41,43-44,48-52,57-59,77-78,88H,10-13,15,17-18,27,29-40H2,1-9H3,(H,69,86)(H,70,83)(H,71,84)(H,72,79)(H3,67,68,85)/b24-19+,28-14+,42-16+/t43-,44+,48+,49-,50-,51+,52-,57-,58+,59+,65-,66+/m0/s1. The van der Waals surface area contributed by atoms with Crippen LogP contribution in [0.3, 0.4) is 0 Å². The highest BCUT2D eigenvalue weighted by molar-refractivity contribution is 6.12. The van der Waals surface area contributed by atoms with Crippen molar-refractivity contribution in [2.75, 3.05) is 57.7 Å². The van der Waals surface area contributed by atoms with Gasteiger partial charge in [0, 0.05) is 102 Å². The predicted molar refractivity (Wildman–Crippen MR) is 342 cm³/mol. The number of carbonyl (C=O) groups excluding carboxylic acids is 10. The molecule has 0 bridgehead atoms. The van der Waals surface area contributed by atoms with Crippen LogP contribution in [0.5, 0.6) is 0 Å². The number of piperazine rings is 1. The number of aliphatic hydroxyl groups excluding tert-OH is 2. The second-order valence-electron chi connectivity index (χ2n) is 25.3. The molecule has 27 heteroatoms. The molecule has 10 N–H and O–H groups in total. The molecule has 2 fully saturated rings. The lowest BCUT2D eigenvalue weighted by Gasteiger charge is -2.39. The number of allylic oxidation sites excluding steroid dienone is 2. The van der Waals surface area contributed by atoms with E-state index in [0.29, 0.717) is 68.6 Å². The summed E-state index contributed by atoms with van der Waals surface area (Å²) in [7, 11) is 0. The minimum atomic E-state index is -1.45. The molecule has 2 saturated heterocycles. The fourth-order valence-corrected chi connectivity index (χ4v) is 11.2. The van der Waals surface area contributed by atoms with Crippen molar-refractivity contribution in [2.24, 2.45) is 23.5 Å². The predicted octanol–water partition coefficient (Wildman–Crippen LogP) is 4.32. The number of benzene rings is 1. The van der Waals surface area contributed by atoms with Crippen LogP contribution in [0.15, 0.2) is 72.4 Å². The number of nitrogens with one attached hydrogen (secondary N) is 5. The second kappa shape index (κ2) is 36.7. The normalized spacial score (nSPS) is 24.4. The van der Waals surface area contributed by atoms with Gasteiger partial charge in [-0.2, -0.15) is 0 Å². The largest absolute Gasteiger partial charge is 0.457 e. The molecule has 9 amide bonds. The molecule has 4 aliphatic rings. The number of alkyl carbamates (subject to hydrolysis) is 1. The summed E-state index contributed by atoms with van der Waals surface area (Å²) in [5.41, 5.74) is 4.12. The number of rotatable bonds is 31. The van der Waals surface area contributed by atoms with Crippen molar-refractivity contribution in [3.05, 3.63) is 77.9 Å². The SMILES string of the molecule is CC[C@H](O)[C@@H](C)[C@H]1O[C@@H]1C[C@@](C)(O)/C=C/C=C(\C)[C@H]1OC(=O)C[C@H](O)CC[C@@](C)(OC(C)=O)[C@@H](OC(=O)N2CCN(CCNC(=O)OCc3ccc(NC(=O)[C@H](CCCNC(N)=O)NC(=O)[C@@H](NC(=O)CCCCCN4C(=O)C=CC4=O)C(C)C)cc3)CC2)/C=C/[C@@H]1C. The fourth-order valence-electron chi connectivity index (χ4n) is 11.2. The third kappa shape index (κ3) is 25.6. The van der Waals surface area contributed by atoms with Gasteiger partial charge in [0.25, 0.3) is 11.8 Å². The molecule has 516 valence electrons. The van der Waals surface area contributed by atoms with Crippen LogP contribution in [0.2, 0.25) is 0 Å². The highest BCUT2D eigenvalue weighted by Crippen LogP contribution is 2.38. The smallest absolute Gasteiger partial charge is 0.410 e. The van der Waals surface area contributed by atoms with Crippen LogP contribution in [-0.2, 0) is 63.9 Å². The number of imide groups is 1. The van der Waals surface area contributed by atoms with Crippen LogP contribution in [0.1, 0.15) is 139 Å². The number of urea groups is 1. The Morgan fingerprint density at radius 2 is 1.58 bits per heavy atom. The Morgan fingerprint density at radius 1 is 0.892 bits per heavy atom. The van der Waals surface area contributed by atoms with E-state index in [1.54, 1.807) is 89.3 Å². The fraction of sp³-hybridized carbons (Fsp3) is 0.636. The van der Waals surface area contributed by atoms with Crippen molar-refractivity contribution in [3.8, 4) is 0 Å². The summed E-state index contributed by atoms with van der Waals surface area (Å²) < 4.78 is 29.2. The topological polar surface area (TPSA) is 377 Å². The van der Waals surface area contributed by atoms with Crippen molar-refractivity contribution >= 4 is 65.4 Å². The number of unbranched alkanes of at least 4 members (excludes halogenated alkanes) is 2. The Balaban J connectivity index is 1.09. The summed E-state index contributed by atoms with van der Waals surface area (Å²) in [6.07, 6.45) is 8.08. The maximum atomic E-state index is 14.0. The third-order valence-electron chi connectivity index (χ3n) is 16.9. The summed E-state index contributed by atoms with van der Waals surface area (Å²) >= 11 is 0. The second-order valence-corrected chi connectivity index (χ2v) is 25.3. The van der Waals surface area contributed by atoms with E-state index in [4.69, 9.17) is 29.4 Å². The van der Waals surface area contributed by atoms with Gasteiger partial charge in [-0.15, -0.1) is 0 Å². The van der Waals surface area contributed by atoms with E-state index >= 15 is 0 Å². The molecule has 4 heterocycles. The van der Waals surface area contributed by atoms with Gasteiger partial charge in [0.1, 0.15) is 30.4 Å². The number of epoxide rings is 1. The molecule has 4 aliphatic heterocycles. The first kappa shape index (κ1) is 76.0. The molecule has 5 rings (SSSR count). The first-order valence-corrected chi connectivity index (χ1v) is 32.3. The average molecular weight is 1310 g/mol. The van der Waals surface area contributed by atoms with Gasteiger partial charge in [0.2, 0.25) is 17.7 Å². The molecule has 93 heavy (non-hydrogen) atoms. The van der Waals surface area contributed by atoms with Crippen LogP contribution < -0.4 is 32.3 Å². The maximum absolute atomic E-state index is 14.0. The van der Waals surface area contributed by atoms with E-state index in [1.807, 2.05) is 20.8 Å². The molecule has 1 aromatic rings. The lowest BCUT2D eigenvalue weighted by atomic mass is 9.88. The van der Waals surface area contributed by atoms with Gasteiger partial charge in [-0.05, 0) is 101 Å². The first-order chi connectivity index (χ1) is 44.0. The number of hydrogen-bond acceptors (Lipinski definition) is 19. The number of amides is 9. The number of ether oxygens (including phenoxy) is 5. The molecule has 0 radical (unpaired) electrons. The van der Waals surface area contributed by atoms with Crippen molar-refractivity contribution in [1.29, 1.82) is 0 Å². The number of hydrogen-bond donors (Lipinski definition) is 9. The summed E-state index contributed by atoms with van der Waals surface area (Å²) in [6, 6.07) is 3.69. The molecule has 0 unspecified atom stereocenters. The van der Waals surface area contributed by atoms with Crippen LogP contribution >= 0.6 is 0 Å². The van der Waals surface area contributed by atoms with Gasteiger partial charge in [-0.1, -0.05) is 77.5 Å². The highest BCUT2D eigenvalue weighted by atomic mass is 16.6. The Morgan fingerprint density at radius 3 is 2.23 bits per heavy atom. The summed E-state index contributed by atoms with van der Waals surface area (Å²) in [5.74, 6) is -4.50. The molecular formula is C66H99N9O18. The molecule has 0 aromatic heterocycles. The van der Waals surface area contributed by atoms with E-state index in [0.717, 1.165) is 4.90 Å². The van der Waals surface area contributed by atoms with E-state index in [-0.39, 0.29) is 120 Å². The summed E-state index contributed by atoms with van der Waals surface area (Å²) in [6.45, 7) is 17.8. The average Bonchev–Trinajstić information content (AvgIpc) is 1.78. The zero-order chi connectivity index (χ0) is 68.6. The summed E-state index contributed by atoms with van der Waals surface area (Å²) in [5, 5.41) is 46.0. The van der Waals surface area contributed by atoms with Gasteiger partial charge >= 0.3 is 30.2 Å². The molecule has 0 aliphatic carbocycles. The number of carbonyl (C=O) groups is 10. The van der Waals surface area contributed by atoms with E-state index < -0.39 is 95.6 Å². The number of nitrogens with zero attached hydrogens (tertiary/aromatic N) is 3. The van der Waals surface area contributed by atoms with Gasteiger partial charge in [0.15, 0.2) is 6.10 Å². The van der Waals surface area contributed by atoms with Crippen molar-refractivity contribution in [1.82, 2.24) is 36.0 Å². The minimum absolute atomic E-state index is 0.00545. The van der Waals surface area contributed by atoms with Gasteiger partial charge in [-0.3, -0.25) is 43.4 Å². The Kier molecular flexibility index (Phi) is 30.0. The Hall–Kier alpha value is -7.72. The van der Waals surface area contributed by atoms with Crippen molar-refractivity contribution in [2.45, 2.75) is 199 Å². The van der Waals surface area contributed by atoms with Crippen molar-refractivity contribution < 1.29 is 86.9 Å². The molecule has 27 nitrogen and oxygen atoms in total. The third-order valence-corrected chi connectivity index (χ3v) is 16.9. The molecular weight excluding hydrogens is 1210 g/mol. The molecule has 0 spiro atoms. The molecule has 1 aromatic carbocycles. The maximum Gasteiger partial charge on any atom is 0.410 e. The number of esters is 2. The lowest BCUT2D eigenvalue weighted by molar-refractivity contribution is -0.168. The lowest BCUT2D eigenvalue weighted by Crippen LogP contribution is -2.54. The van der Waals surface area contributed by atoms with Crippen LogP contribution in [0, 0.1) is 17.8 Å². The van der Waals surface area contributed by atoms with Crippen LogP contribution in [-0.4, -0.2) is 202 Å². The summed E-state index contributed by atoms with van der Waals surface area (Å²) in [4.78, 5) is 132. The Bertz CT molecular complexity index is 2840. The first-order valence-electron chi connectivity index (χ1n) is 32.3. The van der Waals surface area contributed by atoms with E-state index in [1.165, 1.54) is 24.0 Å². The van der Waals surface area contributed by atoms with Crippen LogP contribution in [0.25, 0.3) is 0 Å². The quantitative estimate of drug-likeness (QED) is 0.00950. The van der Waals surface area contributed by atoms with Gasteiger partial charge in [0.05, 0.1) is 36.4 Å². The number of cyclic esters (lactones) is 1. The highest BCUT2D eigenvalue weighted by Gasteiger charge is 2.47. The monoisotopic (exact) mass is 1310 g/mol. The minimum Gasteiger partial charge on any atom is -0.457 e. The van der Waals surface area contributed by atoms with E-state index in [9.17, 15) is 63.3 Å². The van der Waals surface area contributed by atoms with Crippen molar-refractivity contribution in [3.63, 3.8) is 0 Å². The molecule has 12 atom stereocenters. The zero-order valence-electron chi connectivity index (χ0n) is 55.2. The zero-order valence-corrected chi connectivity index (χ0v) is 55.2. The number of nitrogens with two attached hydrogens (primary N) is 1.